The third kappa shape index (κ3) is 17.3. The van der Waals surface area contributed by atoms with Gasteiger partial charge in [0.1, 0.15) is 0 Å². The number of aromatic nitrogens is 1. The standard InChI is InChI=1S/C39H30ClN.C34H23ClN2.C33H24ClNS.C28H18ClNS/c1-39(2)35-19-8-6-17-33(35)34-18-11-21-37(38(34)39)41(31-15-10-14-30(40)26-31)36-20-9-7-16-32(36)29-24-22-28(23-25-29)27-12-4-3-5-13-27;35-27-9-5-10-29(22-27)37(33-14-6-12-31-30-11-3-4-13-32(30)36-34(31)33)28-19-17-24(18-20-28)26-16-15-23-7-1-2-8-25(23)21-26;1-33(2)27-13-5-3-11-24(27)26-20-23(17-18-28(26)33)35(22-10-7-9-21(34)19-22)29-14-8-16-31-32(29)25-12-4-6-15-30(25)36-31;29-20-9-6-10-21(17-20)30(26-13-5-8-19-7-1-2-11-23(19)26)22-15-16-28-25(18-22)24-12-3-4-14-27(24)31-28/h3-26H,1-2H3;1-22,36H;3-20H,1-2H3;1-18H. The van der Waals surface area contributed by atoms with E-state index in [0.717, 1.165) is 89.2 Å². The van der Waals surface area contributed by atoms with Gasteiger partial charge in [-0.2, -0.15) is 0 Å². The van der Waals surface area contributed by atoms with Crippen LogP contribution in [-0.4, -0.2) is 4.98 Å². The Morgan fingerprint density at radius 3 is 1.31 bits per heavy atom. The van der Waals surface area contributed by atoms with Gasteiger partial charge in [0.2, 0.25) is 0 Å². The van der Waals surface area contributed by atoms with Crippen molar-refractivity contribution in [3.8, 4) is 55.6 Å². The van der Waals surface area contributed by atoms with Gasteiger partial charge in [-0.05, 0) is 264 Å². The van der Waals surface area contributed by atoms with Crippen molar-refractivity contribution in [1.82, 2.24) is 4.98 Å². The fourth-order valence-corrected chi connectivity index (χ4v) is 24.8. The molecule has 3 heterocycles. The quantitative estimate of drug-likeness (QED) is 0.111. The van der Waals surface area contributed by atoms with Gasteiger partial charge in [0, 0.05) is 138 Å². The number of aromatic amines is 1. The first kappa shape index (κ1) is 91.4. The van der Waals surface area contributed by atoms with Crippen molar-refractivity contribution in [2.45, 2.75) is 38.5 Å². The third-order valence-electron chi connectivity index (χ3n) is 28.6. The molecular weight excluding hydrogens is 1890 g/mol. The molecule has 0 unspecified atom stereocenters. The average Bonchev–Trinajstić information content (AvgIpc) is 1.56. The molecule has 2 aliphatic carbocycles. The molecule has 0 fully saturated rings. The largest absolute Gasteiger partial charge is 0.353 e. The van der Waals surface area contributed by atoms with Crippen LogP contribution in [0.15, 0.2) is 497 Å². The van der Waals surface area contributed by atoms with Crippen LogP contribution >= 0.6 is 69.1 Å². The molecule has 22 aromatic carbocycles. The summed E-state index contributed by atoms with van der Waals surface area (Å²) in [6.45, 7) is 9.33. The number of thiophene rings is 2. The molecule has 11 heteroatoms. The number of benzene rings is 22. The van der Waals surface area contributed by atoms with E-state index in [1.807, 2.05) is 83.3 Å². The molecule has 0 amide bonds. The zero-order valence-corrected chi connectivity index (χ0v) is 84.6. The van der Waals surface area contributed by atoms with Gasteiger partial charge in [-0.15, -0.1) is 22.7 Å². The lowest BCUT2D eigenvalue weighted by Crippen LogP contribution is -2.21. The summed E-state index contributed by atoms with van der Waals surface area (Å²) in [5.41, 5.74) is 33.0. The summed E-state index contributed by atoms with van der Waals surface area (Å²) in [6, 6.07) is 176. The zero-order chi connectivity index (χ0) is 98.0. The van der Waals surface area contributed by atoms with E-state index in [2.05, 4.69) is 489 Å². The van der Waals surface area contributed by atoms with Gasteiger partial charge in [0.25, 0.3) is 0 Å². The molecular formula is C134H95Cl4N5S2. The van der Waals surface area contributed by atoms with Gasteiger partial charge in [0.05, 0.1) is 34.0 Å². The summed E-state index contributed by atoms with van der Waals surface area (Å²) >= 11 is 29.7. The molecule has 0 saturated heterocycles. The Hall–Kier alpha value is -16.0. The van der Waals surface area contributed by atoms with Crippen LogP contribution in [0.5, 0.6) is 0 Å². The van der Waals surface area contributed by atoms with Gasteiger partial charge in [-0.25, -0.2) is 0 Å². The van der Waals surface area contributed by atoms with Crippen molar-refractivity contribution in [2.24, 2.45) is 0 Å². The smallest absolute Gasteiger partial charge is 0.0709 e. The van der Waals surface area contributed by atoms with Crippen molar-refractivity contribution in [3.63, 3.8) is 0 Å². The van der Waals surface area contributed by atoms with E-state index >= 15 is 0 Å². The number of fused-ring (bicyclic) bond motifs is 17. The van der Waals surface area contributed by atoms with E-state index in [1.54, 1.807) is 0 Å². The molecule has 0 spiro atoms. The Labute approximate surface area is 872 Å². The van der Waals surface area contributed by atoms with Crippen molar-refractivity contribution >= 4 is 221 Å². The number of rotatable bonds is 15. The molecule has 0 atom stereocenters. The highest BCUT2D eigenvalue weighted by molar-refractivity contribution is 7.26. The maximum absolute atomic E-state index is 6.62. The number of anilines is 12. The molecule has 0 saturated carbocycles. The highest BCUT2D eigenvalue weighted by Gasteiger charge is 2.40. The topological polar surface area (TPSA) is 28.8 Å². The molecule has 145 heavy (non-hydrogen) atoms. The van der Waals surface area contributed by atoms with E-state index in [4.69, 9.17) is 46.4 Å². The molecule has 27 rings (SSSR count). The number of hydrogen-bond acceptors (Lipinski definition) is 6. The van der Waals surface area contributed by atoms with Crippen LogP contribution in [0.25, 0.3) is 139 Å². The number of para-hydroxylation sites is 3. The van der Waals surface area contributed by atoms with Crippen molar-refractivity contribution in [2.75, 3.05) is 19.6 Å². The van der Waals surface area contributed by atoms with Crippen LogP contribution < -0.4 is 19.6 Å². The number of H-pyrrole nitrogens is 1. The molecule has 0 bridgehead atoms. The van der Waals surface area contributed by atoms with Gasteiger partial charge in [-0.3, -0.25) is 0 Å². The Kier molecular flexibility index (Phi) is 24.4. The van der Waals surface area contributed by atoms with E-state index in [1.165, 1.54) is 151 Å². The van der Waals surface area contributed by atoms with Crippen molar-refractivity contribution in [1.29, 1.82) is 0 Å². The van der Waals surface area contributed by atoms with E-state index in [-0.39, 0.29) is 10.8 Å². The van der Waals surface area contributed by atoms with Crippen LogP contribution in [0, 0.1) is 0 Å². The summed E-state index contributed by atoms with van der Waals surface area (Å²) in [7, 11) is 0. The Morgan fingerprint density at radius 2 is 0.614 bits per heavy atom. The Morgan fingerprint density at radius 1 is 0.207 bits per heavy atom. The third-order valence-corrected chi connectivity index (χ3v) is 31.8. The zero-order valence-electron chi connectivity index (χ0n) is 80.0. The first-order chi connectivity index (χ1) is 71.1. The first-order valence-electron chi connectivity index (χ1n) is 48.9. The van der Waals surface area contributed by atoms with E-state index < -0.39 is 0 Å². The maximum atomic E-state index is 6.62. The van der Waals surface area contributed by atoms with Gasteiger partial charge < -0.3 is 24.6 Å². The second-order valence-corrected chi connectivity index (χ2v) is 41.9. The van der Waals surface area contributed by atoms with Crippen LogP contribution in [0.1, 0.15) is 49.9 Å². The molecule has 0 radical (unpaired) electrons. The second kappa shape index (κ2) is 38.7. The lowest BCUT2D eigenvalue weighted by Gasteiger charge is -2.33. The minimum absolute atomic E-state index is 0.0189. The van der Waals surface area contributed by atoms with E-state index in [9.17, 15) is 0 Å². The van der Waals surface area contributed by atoms with Crippen molar-refractivity contribution < 1.29 is 0 Å². The average molecular weight is 1980 g/mol. The van der Waals surface area contributed by atoms with E-state index in [0.29, 0.717) is 10.0 Å². The summed E-state index contributed by atoms with van der Waals surface area (Å²) in [5.74, 6) is 0. The number of hydrogen-bond donors (Lipinski definition) is 1. The van der Waals surface area contributed by atoms with Crippen LogP contribution in [0.2, 0.25) is 20.1 Å². The van der Waals surface area contributed by atoms with Gasteiger partial charge in [-0.1, -0.05) is 396 Å². The van der Waals surface area contributed by atoms with Gasteiger partial charge >= 0.3 is 0 Å². The highest BCUT2D eigenvalue weighted by Crippen LogP contribution is 2.58. The monoisotopic (exact) mass is 1980 g/mol. The lowest BCUT2D eigenvalue weighted by atomic mass is 9.81. The number of nitrogens with zero attached hydrogens (tertiary/aromatic N) is 4. The predicted octanol–water partition coefficient (Wildman–Crippen LogP) is 41.5. The first-order valence-corrected chi connectivity index (χ1v) is 52.0. The van der Waals surface area contributed by atoms with Crippen molar-refractivity contribution in [3.05, 3.63) is 540 Å². The highest BCUT2D eigenvalue weighted by atomic mass is 35.5. The normalized spacial score (nSPS) is 12.4. The fourth-order valence-electron chi connectivity index (χ4n) is 21.8. The summed E-state index contributed by atoms with van der Waals surface area (Å²) in [6.07, 6.45) is 0. The Bertz CT molecular complexity index is 9260. The molecule has 1 N–H and O–H groups in total. The molecule has 2 aliphatic rings. The summed E-state index contributed by atoms with van der Waals surface area (Å²) in [5, 5.41) is 15.4. The molecule has 25 aromatic rings. The predicted molar refractivity (Wildman–Crippen MR) is 626 cm³/mol. The molecule has 3 aromatic heterocycles. The van der Waals surface area contributed by atoms with Crippen LogP contribution in [0.3, 0.4) is 0 Å². The maximum Gasteiger partial charge on any atom is 0.0709 e. The number of nitrogens with one attached hydrogen (secondary N) is 1. The van der Waals surface area contributed by atoms with Gasteiger partial charge in [0.15, 0.2) is 0 Å². The minimum atomic E-state index is -0.161. The Balaban J connectivity index is 0.000000104. The van der Waals surface area contributed by atoms with Crippen LogP contribution in [-0.2, 0) is 10.8 Å². The molecule has 696 valence electrons. The fraction of sp³-hybridized carbons (Fsp3) is 0.0448. The molecule has 0 aliphatic heterocycles. The summed E-state index contributed by atoms with van der Waals surface area (Å²) < 4.78 is 5.20. The number of halogens is 4. The summed E-state index contributed by atoms with van der Waals surface area (Å²) in [4.78, 5) is 13.0. The SMILES string of the molecule is CC1(C)c2ccccc2-c2cc(N(c3cccc(Cl)c3)c3cccc4sc5ccccc5c34)ccc21.CC1(C)c2ccccc2-c2cccc(N(c3cccc(Cl)c3)c3ccccc3-c3ccc(-c4ccccc4)cc3)c21.Clc1cccc(N(c2ccc(-c3ccc4ccccc4c3)cc2)c2cccc3c2[nH]c2ccccc23)c1.Clc1cccc(N(c2ccc3sc4ccccc4c3c2)c2cccc3ccccc23)c1. The molecule has 5 nitrogen and oxygen atoms in total. The second-order valence-electron chi connectivity index (χ2n) is 38.0. The van der Waals surface area contributed by atoms with Crippen LogP contribution in [0.4, 0.5) is 68.2 Å². The minimum Gasteiger partial charge on any atom is -0.353 e. The lowest BCUT2D eigenvalue weighted by molar-refractivity contribution is 0.660.